The lowest BCUT2D eigenvalue weighted by Crippen LogP contribution is -2.17. The van der Waals surface area contributed by atoms with E-state index in [0.29, 0.717) is 17.0 Å². The number of benzene rings is 3. The van der Waals surface area contributed by atoms with Gasteiger partial charge in [-0.3, -0.25) is 4.79 Å². The number of rotatable bonds is 5. The summed E-state index contributed by atoms with van der Waals surface area (Å²) in [5, 5.41) is 3.98. The van der Waals surface area contributed by atoms with Crippen LogP contribution in [0.2, 0.25) is 0 Å². The van der Waals surface area contributed by atoms with E-state index < -0.39 is 0 Å². The molecule has 5 heteroatoms. The van der Waals surface area contributed by atoms with Crippen LogP contribution in [-0.4, -0.2) is 12.1 Å². The van der Waals surface area contributed by atoms with Crippen LogP contribution in [0, 0.1) is 0 Å². The lowest BCUT2D eigenvalue weighted by molar-refractivity contribution is 0.0955. The average Bonchev–Trinajstić information content (AvgIpc) is 2.63. The minimum Gasteiger partial charge on any atom is -0.457 e. The summed E-state index contributed by atoms with van der Waals surface area (Å²) in [7, 11) is 0. The molecule has 3 N–H and O–H groups in total. The summed E-state index contributed by atoms with van der Waals surface area (Å²) in [5.41, 5.74) is 10.00. The number of para-hydroxylation sites is 1. The number of ether oxygens (including phenoxy) is 1. The minimum atomic E-state index is -0.298. The fourth-order valence-corrected chi connectivity index (χ4v) is 2.15. The summed E-state index contributed by atoms with van der Waals surface area (Å²) in [6.45, 7) is 0. The summed E-state index contributed by atoms with van der Waals surface area (Å²) in [5.74, 6) is 1.15. The van der Waals surface area contributed by atoms with E-state index in [1.807, 2.05) is 54.6 Å². The van der Waals surface area contributed by atoms with Gasteiger partial charge in [-0.25, -0.2) is 5.43 Å². The van der Waals surface area contributed by atoms with Gasteiger partial charge in [-0.1, -0.05) is 30.3 Å². The van der Waals surface area contributed by atoms with Gasteiger partial charge in [0.2, 0.25) is 0 Å². The number of hydrogen-bond acceptors (Lipinski definition) is 4. The molecule has 3 aromatic carbocycles. The lowest BCUT2D eigenvalue weighted by atomic mass is 10.2. The summed E-state index contributed by atoms with van der Waals surface area (Å²) in [6, 6.07) is 23.6. The van der Waals surface area contributed by atoms with Gasteiger partial charge in [0.05, 0.1) is 6.21 Å². The molecule has 124 valence electrons. The first-order valence-corrected chi connectivity index (χ1v) is 7.72. The molecule has 0 atom stereocenters. The van der Waals surface area contributed by atoms with Crippen LogP contribution < -0.4 is 15.9 Å². The van der Waals surface area contributed by atoms with Gasteiger partial charge in [-0.15, -0.1) is 0 Å². The van der Waals surface area contributed by atoms with Crippen LogP contribution in [0.15, 0.2) is 84.0 Å². The predicted molar refractivity (Wildman–Crippen MR) is 98.9 cm³/mol. The molecule has 0 fully saturated rings. The highest BCUT2D eigenvalue weighted by atomic mass is 16.5. The zero-order chi connectivity index (χ0) is 17.5. The molecule has 0 bridgehead atoms. The quantitative estimate of drug-likeness (QED) is 0.424. The Morgan fingerprint density at radius 3 is 2.40 bits per heavy atom. The first-order valence-electron chi connectivity index (χ1n) is 7.72. The van der Waals surface area contributed by atoms with Crippen LogP contribution >= 0.6 is 0 Å². The number of nitrogens with one attached hydrogen (secondary N) is 1. The van der Waals surface area contributed by atoms with Gasteiger partial charge in [0, 0.05) is 11.3 Å². The third-order valence-corrected chi connectivity index (χ3v) is 3.39. The van der Waals surface area contributed by atoms with Crippen molar-refractivity contribution in [3.63, 3.8) is 0 Å². The zero-order valence-corrected chi connectivity index (χ0v) is 13.4. The standard InChI is InChI=1S/C20H17N3O2/c21-17-11-9-16(10-12-17)20(24)23-22-14-15-5-4-8-19(13-15)25-18-6-2-1-3-7-18/h1-14H,21H2,(H,23,24)/b22-14+. The van der Waals surface area contributed by atoms with Crippen molar-refractivity contribution in [3.8, 4) is 11.5 Å². The molecule has 5 nitrogen and oxygen atoms in total. The van der Waals surface area contributed by atoms with E-state index in [1.54, 1.807) is 30.5 Å². The lowest BCUT2D eigenvalue weighted by Gasteiger charge is -2.05. The molecule has 3 rings (SSSR count). The maximum Gasteiger partial charge on any atom is 0.271 e. The Kier molecular flexibility index (Phi) is 5.07. The molecule has 25 heavy (non-hydrogen) atoms. The van der Waals surface area contributed by atoms with Crippen LogP contribution in [0.25, 0.3) is 0 Å². The SMILES string of the molecule is Nc1ccc(C(=O)N/N=C/c2cccc(Oc3ccccc3)c2)cc1. The van der Waals surface area contributed by atoms with Crippen molar-refractivity contribution < 1.29 is 9.53 Å². The minimum absolute atomic E-state index is 0.298. The number of anilines is 1. The van der Waals surface area contributed by atoms with Crippen molar-refractivity contribution in [2.24, 2.45) is 5.10 Å². The highest BCUT2D eigenvalue weighted by Gasteiger charge is 2.03. The van der Waals surface area contributed by atoms with E-state index in [2.05, 4.69) is 10.5 Å². The van der Waals surface area contributed by atoms with Crippen molar-refractivity contribution in [1.82, 2.24) is 5.43 Å². The van der Waals surface area contributed by atoms with Crippen LogP contribution in [-0.2, 0) is 0 Å². The normalized spacial score (nSPS) is 10.6. The van der Waals surface area contributed by atoms with Crippen molar-refractivity contribution in [2.45, 2.75) is 0 Å². The van der Waals surface area contributed by atoms with Gasteiger partial charge in [0.1, 0.15) is 11.5 Å². The monoisotopic (exact) mass is 331 g/mol. The van der Waals surface area contributed by atoms with E-state index >= 15 is 0 Å². The van der Waals surface area contributed by atoms with Crippen LogP contribution in [0.5, 0.6) is 11.5 Å². The first-order chi connectivity index (χ1) is 12.2. The molecule has 1 amide bonds. The van der Waals surface area contributed by atoms with E-state index in [9.17, 15) is 4.79 Å². The smallest absolute Gasteiger partial charge is 0.271 e. The van der Waals surface area contributed by atoms with Gasteiger partial charge < -0.3 is 10.5 Å². The summed E-state index contributed by atoms with van der Waals surface area (Å²) >= 11 is 0. The molecule has 0 saturated heterocycles. The molecule has 0 saturated carbocycles. The Morgan fingerprint density at radius 2 is 1.64 bits per heavy atom. The van der Waals surface area contributed by atoms with Gasteiger partial charge in [0.15, 0.2) is 0 Å². The van der Waals surface area contributed by atoms with Crippen molar-refractivity contribution in [2.75, 3.05) is 5.73 Å². The maximum atomic E-state index is 12.0. The number of amides is 1. The molecule has 0 aliphatic rings. The fourth-order valence-electron chi connectivity index (χ4n) is 2.15. The van der Waals surface area contributed by atoms with Crippen molar-refractivity contribution in [1.29, 1.82) is 0 Å². The third kappa shape index (κ3) is 4.68. The third-order valence-electron chi connectivity index (χ3n) is 3.39. The van der Waals surface area contributed by atoms with Crippen LogP contribution in [0.3, 0.4) is 0 Å². The second-order valence-electron chi connectivity index (χ2n) is 5.31. The Morgan fingerprint density at radius 1 is 0.920 bits per heavy atom. The molecule has 0 spiro atoms. The van der Waals surface area contributed by atoms with Crippen LogP contribution in [0.1, 0.15) is 15.9 Å². The second kappa shape index (κ2) is 7.79. The van der Waals surface area contributed by atoms with Gasteiger partial charge in [0.25, 0.3) is 5.91 Å². The number of hydrogen-bond donors (Lipinski definition) is 2. The average molecular weight is 331 g/mol. The number of nitrogens with two attached hydrogens (primary N) is 1. The summed E-state index contributed by atoms with van der Waals surface area (Å²) in [6.07, 6.45) is 1.56. The predicted octanol–water partition coefficient (Wildman–Crippen LogP) is 3.83. The van der Waals surface area contributed by atoms with Gasteiger partial charge in [-0.2, -0.15) is 5.10 Å². The largest absolute Gasteiger partial charge is 0.457 e. The van der Waals surface area contributed by atoms with E-state index in [-0.39, 0.29) is 5.91 Å². The highest BCUT2D eigenvalue weighted by molar-refractivity contribution is 5.95. The van der Waals surface area contributed by atoms with Gasteiger partial charge in [-0.05, 0) is 54.1 Å². The molecule has 0 unspecified atom stereocenters. The van der Waals surface area contributed by atoms with E-state index in [4.69, 9.17) is 10.5 Å². The molecule has 0 aliphatic carbocycles. The van der Waals surface area contributed by atoms with Crippen molar-refractivity contribution in [3.05, 3.63) is 90.0 Å². The highest BCUT2D eigenvalue weighted by Crippen LogP contribution is 2.21. The van der Waals surface area contributed by atoms with Crippen LogP contribution in [0.4, 0.5) is 5.69 Å². The molecular weight excluding hydrogens is 314 g/mol. The molecular formula is C20H17N3O2. The molecule has 0 aliphatic heterocycles. The molecule has 0 heterocycles. The number of hydrazone groups is 1. The molecule has 0 radical (unpaired) electrons. The fraction of sp³-hybridized carbons (Fsp3) is 0. The summed E-state index contributed by atoms with van der Waals surface area (Å²) < 4.78 is 5.77. The number of carbonyl (C=O) groups is 1. The Balaban J connectivity index is 1.62. The first kappa shape index (κ1) is 16.3. The Labute approximate surface area is 145 Å². The number of nitrogen functional groups attached to an aromatic ring is 1. The summed E-state index contributed by atoms with van der Waals surface area (Å²) in [4.78, 5) is 12.0. The Hall–Kier alpha value is -3.60. The second-order valence-corrected chi connectivity index (χ2v) is 5.31. The molecule has 3 aromatic rings. The van der Waals surface area contributed by atoms with E-state index in [0.717, 1.165) is 11.3 Å². The van der Waals surface area contributed by atoms with Crippen molar-refractivity contribution >= 4 is 17.8 Å². The molecule has 0 aromatic heterocycles. The topological polar surface area (TPSA) is 76.7 Å². The van der Waals surface area contributed by atoms with Gasteiger partial charge >= 0.3 is 0 Å². The Bertz CT molecular complexity index is 875. The van der Waals surface area contributed by atoms with E-state index in [1.165, 1.54) is 0 Å². The maximum absolute atomic E-state index is 12.0. The zero-order valence-electron chi connectivity index (χ0n) is 13.4. The number of carbonyl (C=O) groups excluding carboxylic acids is 1. The number of nitrogens with zero attached hydrogens (tertiary/aromatic N) is 1.